The summed E-state index contributed by atoms with van der Waals surface area (Å²) in [6.45, 7) is 5.04. The van der Waals surface area contributed by atoms with E-state index >= 15 is 0 Å². The molecule has 0 saturated carbocycles. The van der Waals surface area contributed by atoms with Gasteiger partial charge in [-0.15, -0.1) is 0 Å². The molecule has 0 spiro atoms. The average molecular weight is 252 g/mol. The molecule has 1 rings (SSSR count). The lowest BCUT2D eigenvalue weighted by Gasteiger charge is -2.28. The predicted molar refractivity (Wildman–Crippen MR) is 72.2 cm³/mol. The second kappa shape index (κ2) is 7.16. The number of likely N-dealkylation sites (N-methyl/N-ethyl adjacent to an activating group) is 1. The van der Waals surface area contributed by atoms with Gasteiger partial charge in [0, 0.05) is 25.2 Å². The van der Waals surface area contributed by atoms with Crippen LogP contribution in [0.2, 0.25) is 0 Å². The van der Waals surface area contributed by atoms with Crippen LogP contribution in [0, 0.1) is 5.92 Å². The molecule has 1 heterocycles. The highest BCUT2D eigenvalue weighted by molar-refractivity contribution is 5.76. The first-order chi connectivity index (χ1) is 8.50. The largest absolute Gasteiger partial charge is 0.355 e. The fourth-order valence-corrected chi connectivity index (χ4v) is 1.99. The molecule has 0 aliphatic rings. The molecule has 0 fully saturated rings. The van der Waals surface area contributed by atoms with Gasteiger partial charge in [-0.25, -0.2) is 0 Å². The minimum atomic E-state index is 0.101. The Morgan fingerprint density at radius 2 is 2.22 bits per heavy atom. The Kier molecular flexibility index (Phi) is 5.85. The number of rotatable bonds is 7. The lowest BCUT2D eigenvalue weighted by molar-refractivity contribution is -0.121. The first-order valence-corrected chi connectivity index (χ1v) is 6.41. The molecule has 1 aromatic heterocycles. The zero-order valence-corrected chi connectivity index (χ0v) is 11.7. The number of hydrogen-bond donors (Lipinski definition) is 2. The van der Waals surface area contributed by atoms with Crippen LogP contribution in [-0.4, -0.2) is 47.7 Å². The number of nitrogens with zero attached hydrogens (tertiary/aromatic N) is 2. The van der Waals surface area contributed by atoms with E-state index in [1.807, 2.05) is 20.3 Å². The van der Waals surface area contributed by atoms with Crippen molar-refractivity contribution in [3.05, 3.63) is 18.0 Å². The summed E-state index contributed by atoms with van der Waals surface area (Å²) in [5, 5.41) is 9.60. The molecule has 0 aliphatic heterocycles. The van der Waals surface area contributed by atoms with Crippen LogP contribution >= 0.6 is 0 Å². The van der Waals surface area contributed by atoms with Gasteiger partial charge in [0.15, 0.2) is 0 Å². The molecule has 2 N–H and O–H groups in total. The fraction of sp³-hybridized carbons (Fsp3) is 0.692. The van der Waals surface area contributed by atoms with E-state index in [-0.39, 0.29) is 5.91 Å². The highest BCUT2D eigenvalue weighted by Crippen LogP contribution is 2.06. The molecule has 1 unspecified atom stereocenters. The Morgan fingerprint density at radius 3 is 2.72 bits per heavy atom. The maximum Gasteiger partial charge on any atom is 0.220 e. The van der Waals surface area contributed by atoms with E-state index in [9.17, 15) is 4.79 Å². The standard InChI is InChI=1S/C13H24N4O/c1-10(2)12(17(3)4)9-14-13(18)6-5-11-7-15-16-8-11/h7-8,10,12H,5-6,9H2,1-4H3,(H,14,18)(H,15,16). The highest BCUT2D eigenvalue weighted by atomic mass is 16.1. The molecular weight excluding hydrogens is 228 g/mol. The van der Waals surface area contributed by atoms with Gasteiger partial charge < -0.3 is 10.2 Å². The van der Waals surface area contributed by atoms with Gasteiger partial charge in [-0.3, -0.25) is 9.89 Å². The van der Waals surface area contributed by atoms with Crippen LogP contribution in [0.25, 0.3) is 0 Å². The zero-order valence-electron chi connectivity index (χ0n) is 11.7. The number of carbonyl (C=O) groups is 1. The summed E-state index contributed by atoms with van der Waals surface area (Å²) in [4.78, 5) is 13.9. The van der Waals surface area contributed by atoms with Crippen molar-refractivity contribution in [2.24, 2.45) is 5.92 Å². The highest BCUT2D eigenvalue weighted by Gasteiger charge is 2.16. The number of aromatic amines is 1. The maximum absolute atomic E-state index is 11.7. The van der Waals surface area contributed by atoms with Gasteiger partial charge in [0.1, 0.15) is 0 Å². The van der Waals surface area contributed by atoms with Gasteiger partial charge in [-0.2, -0.15) is 5.10 Å². The second-order valence-corrected chi connectivity index (χ2v) is 5.19. The third-order valence-corrected chi connectivity index (χ3v) is 3.14. The first-order valence-electron chi connectivity index (χ1n) is 6.41. The lowest BCUT2D eigenvalue weighted by Crippen LogP contribution is -2.43. The molecule has 0 bridgehead atoms. The summed E-state index contributed by atoms with van der Waals surface area (Å²) in [5.74, 6) is 0.623. The van der Waals surface area contributed by atoms with Gasteiger partial charge in [-0.1, -0.05) is 13.8 Å². The molecular formula is C13H24N4O. The van der Waals surface area contributed by atoms with Crippen molar-refractivity contribution in [3.8, 4) is 0 Å². The summed E-state index contributed by atoms with van der Waals surface area (Å²) >= 11 is 0. The topological polar surface area (TPSA) is 61.0 Å². The summed E-state index contributed by atoms with van der Waals surface area (Å²) in [6, 6.07) is 0.378. The Morgan fingerprint density at radius 1 is 1.50 bits per heavy atom. The average Bonchev–Trinajstić information content (AvgIpc) is 2.78. The van der Waals surface area contributed by atoms with E-state index in [4.69, 9.17) is 0 Å². The molecule has 102 valence electrons. The maximum atomic E-state index is 11.7. The third-order valence-electron chi connectivity index (χ3n) is 3.14. The molecule has 5 heteroatoms. The van der Waals surface area contributed by atoms with Crippen LogP contribution in [0.1, 0.15) is 25.8 Å². The molecule has 0 aliphatic carbocycles. The summed E-state index contributed by atoms with van der Waals surface area (Å²) in [7, 11) is 4.09. The van der Waals surface area contributed by atoms with E-state index in [1.54, 1.807) is 6.20 Å². The van der Waals surface area contributed by atoms with Crippen molar-refractivity contribution >= 4 is 5.91 Å². The van der Waals surface area contributed by atoms with Crippen LogP contribution in [0.3, 0.4) is 0 Å². The van der Waals surface area contributed by atoms with Crippen LogP contribution in [0.5, 0.6) is 0 Å². The Labute approximate surface area is 109 Å². The quantitative estimate of drug-likeness (QED) is 0.762. The van der Waals surface area contributed by atoms with Crippen LogP contribution in [-0.2, 0) is 11.2 Å². The Hall–Kier alpha value is -1.36. The van der Waals surface area contributed by atoms with Crippen molar-refractivity contribution < 1.29 is 4.79 Å². The van der Waals surface area contributed by atoms with Crippen molar-refractivity contribution in [1.29, 1.82) is 0 Å². The summed E-state index contributed by atoms with van der Waals surface area (Å²) in [5.41, 5.74) is 1.07. The van der Waals surface area contributed by atoms with E-state index in [0.29, 0.717) is 24.9 Å². The van der Waals surface area contributed by atoms with Gasteiger partial charge in [0.05, 0.1) is 6.20 Å². The summed E-state index contributed by atoms with van der Waals surface area (Å²) < 4.78 is 0. The molecule has 1 amide bonds. The van der Waals surface area contributed by atoms with Gasteiger partial charge in [-0.05, 0) is 32.0 Å². The van der Waals surface area contributed by atoms with Crippen LogP contribution < -0.4 is 5.32 Å². The van der Waals surface area contributed by atoms with Gasteiger partial charge in [0.25, 0.3) is 0 Å². The van der Waals surface area contributed by atoms with E-state index < -0.39 is 0 Å². The fourth-order valence-electron chi connectivity index (χ4n) is 1.99. The number of H-pyrrole nitrogens is 1. The van der Waals surface area contributed by atoms with Crippen LogP contribution in [0.4, 0.5) is 0 Å². The number of nitrogens with one attached hydrogen (secondary N) is 2. The number of amides is 1. The first kappa shape index (κ1) is 14.7. The minimum Gasteiger partial charge on any atom is -0.355 e. The van der Waals surface area contributed by atoms with Gasteiger partial charge in [0.2, 0.25) is 5.91 Å². The molecule has 1 atom stereocenters. The molecule has 18 heavy (non-hydrogen) atoms. The van der Waals surface area contributed by atoms with Crippen molar-refractivity contribution in [1.82, 2.24) is 20.4 Å². The second-order valence-electron chi connectivity index (χ2n) is 5.19. The minimum absolute atomic E-state index is 0.101. The molecule has 0 aromatic carbocycles. The summed E-state index contributed by atoms with van der Waals surface area (Å²) in [6.07, 6.45) is 4.82. The normalized spacial score (nSPS) is 13.0. The molecule has 0 radical (unpaired) electrons. The molecule has 0 saturated heterocycles. The van der Waals surface area contributed by atoms with Crippen molar-refractivity contribution in [2.75, 3.05) is 20.6 Å². The number of hydrogen-bond acceptors (Lipinski definition) is 3. The Balaban J connectivity index is 2.27. The monoisotopic (exact) mass is 252 g/mol. The molecule has 1 aromatic rings. The third kappa shape index (κ3) is 4.87. The Bertz CT molecular complexity index is 338. The lowest BCUT2D eigenvalue weighted by atomic mass is 10.0. The van der Waals surface area contributed by atoms with Crippen molar-refractivity contribution in [3.63, 3.8) is 0 Å². The van der Waals surface area contributed by atoms with E-state index in [0.717, 1.165) is 12.0 Å². The predicted octanol–water partition coefficient (Wildman–Crippen LogP) is 1.04. The molecule has 5 nitrogen and oxygen atoms in total. The number of carbonyl (C=O) groups excluding carboxylic acids is 1. The zero-order chi connectivity index (χ0) is 13.5. The number of aryl methyl sites for hydroxylation is 1. The van der Waals surface area contributed by atoms with E-state index in [1.165, 1.54) is 0 Å². The van der Waals surface area contributed by atoms with Crippen LogP contribution in [0.15, 0.2) is 12.4 Å². The van der Waals surface area contributed by atoms with Crippen molar-refractivity contribution in [2.45, 2.75) is 32.7 Å². The SMILES string of the molecule is CC(C)C(CNC(=O)CCc1cn[nH]c1)N(C)C. The smallest absolute Gasteiger partial charge is 0.220 e. The number of aromatic nitrogens is 2. The van der Waals surface area contributed by atoms with E-state index in [2.05, 4.69) is 34.3 Å². The van der Waals surface area contributed by atoms with Gasteiger partial charge >= 0.3 is 0 Å².